The van der Waals surface area contributed by atoms with Crippen LogP contribution in [0.5, 0.6) is 0 Å². The molecule has 0 radical (unpaired) electrons. The zero-order chi connectivity index (χ0) is 15.9. The first-order valence-electron chi connectivity index (χ1n) is 7.37. The standard InChI is InChI=1S/C14H26N2O5/c1-3-4-14(12(18)19)5-6-16(11-14)13(20)15(7-9-17)8-10-21-2/h17H,3-11H2,1-2H3,(H,18,19). The molecule has 1 aliphatic rings. The molecule has 1 unspecified atom stereocenters. The van der Waals surface area contributed by atoms with Crippen LogP contribution in [0.1, 0.15) is 26.2 Å². The maximum Gasteiger partial charge on any atom is 0.320 e. The first-order valence-corrected chi connectivity index (χ1v) is 7.37. The fourth-order valence-corrected chi connectivity index (χ4v) is 2.83. The topological polar surface area (TPSA) is 90.3 Å². The summed E-state index contributed by atoms with van der Waals surface area (Å²) in [5.41, 5.74) is -0.823. The minimum Gasteiger partial charge on any atom is -0.481 e. The van der Waals surface area contributed by atoms with Crippen molar-refractivity contribution < 1.29 is 24.5 Å². The number of aliphatic hydroxyl groups excluding tert-OH is 1. The monoisotopic (exact) mass is 302 g/mol. The number of carboxylic acid groups (broad SMARTS) is 1. The van der Waals surface area contributed by atoms with E-state index in [0.29, 0.717) is 32.5 Å². The Morgan fingerprint density at radius 3 is 2.62 bits per heavy atom. The van der Waals surface area contributed by atoms with E-state index in [1.54, 1.807) is 12.0 Å². The molecule has 0 aliphatic carbocycles. The molecule has 0 aromatic rings. The Kier molecular flexibility index (Phi) is 6.91. The fraction of sp³-hybridized carbons (Fsp3) is 0.857. The van der Waals surface area contributed by atoms with Gasteiger partial charge in [0.1, 0.15) is 0 Å². The predicted octanol–water partition coefficient (Wildman–Crippen LogP) is 0.624. The first kappa shape index (κ1) is 17.7. The lowest BCUT2D eigenvalue weighted by molar-refractivity contribution is -0.148. The number of nitrogens with zero attached hydrogens (tertiary/aromatic N) is 2. The van der Waals surface area contributed by atoms with Crippen LogP contribution in [0.3, 0.4) is 0 Å². The molecule has 0 aromatic carbocycles. The van der Waals surface area contributed by atoms with Crippen LogP contribution >= 0.6 is 0 Å². The number of hydrogen-bond donors (Lipinski definition) is 2. The zero-order valence-corrected chi connectivity index (χ0v) is 12.9. The van der Waals surface area contributed by atoms with Crippen molar-refractivity contribution in [2.45, 2.75) is 26.2 Å². The molecular weight excluding hydrogens is 276 g/mol. The summed E-state index contributed by atoms with van der Waals surface area (Å²) >= 11 is 0. The molecule has 0 saturated carbocycles. The number of amides is 2. The van der Waals surface area contributed by atoms with Crippen molar-refractivity contribution in [3.05, 3.63) is 0 Å². The van der Waals surface area contributed by atoms with Crippen molar-refractivity contribution in [2.75, 3.05) is 46.5 Å². The first-order chi connectivity index (χ1) is 10.0. The molecule has 21 heavy (non-hydrogen) atoms. The second-order valence-electron chi connectivity index (χ2n) is 5.49. The van der Waals surface area contributed by atoms with Gasteiger partial charge in [-0.1, -0.05) is 13.3 Å². The normalized spacial score (nSPS) is 21.6. The largest absolute Gasteiger partial charge is 0.481 e. The van der Waals surface area contributed by atoms with Gasteiger partial charge in [0.15, 0.2) is 0 Å². The van der Waals surface area contributed by atoms with Crippen molar-refractivity contribution in [3.63, 3.8) is 0 Å². The average molecular weight is 302 g/mol. The molecule has 1 atom stereocenters. The predicted molar refractivity (Wildman–Crippen MR) is 77.1 cm³/mol. The quantitative estimate of drug-likeness (QED) is 0.686. The summed E-state index contributed by atoms with van der Waals surface area (Å²) in [6.45, 7) is 3.52. The third kappa shape index (κ3) is 4.31. The molecule has 122 valence electrons. The molecule has 2 amide bonds. The summed E-state index contributed by atoms with van der Waals surface area (Å²) in [7, 11) is 1.55. The maximum atomic E-state index is 12.4. The van der Waals surface area contributed by atoms with Crippen LogP contribution in [0.2, 0.25) is 0 Å². The molecule has 7 nitrogen and oxygen atoms in total. The molecule has 0 spiro atoms. The Balaban J connectivity index is 2.72. The van der Waals surface area contributed by atoms with Crippen molar-refractivity contribution in [3.8, 4) is 0 Å². The minimum atomic E-state index is -0.828. The van der Waals surface area contributed by atoms with Gasteiger partial charge in [-0.15, -0.1) is 0 Å². The highest BCUT2D eigenvalue weighted by Crippen LogP contribution is 2.35. The van der Waals surface area contributed by atoms with E-state index in [-0.39, 0.29) is 25.7 Å². The van der Waals surface area contributed by atoms with Crippen LogP contribution < -0.4 is 0 Å². The molecule has 7 heteroatoms. The summed E-state index contributed by atoms with van der Waals surface area (Å²) in [5, 5.41) is 18.5. The molecular formula is C14H26N2O5. The van der Waals surface area contributed by atoms with Crippen LogP contribution in [0.25, 0.3) is 0 Å². The van der Waals surface area contributed by atoms with Crippen LogP contribution in [-0.2, 0) is 9.53 Å². The van der Waals surface area contributed by atoms with Gasteiger partial charge in [0, 0.05) is 33.3 Å². The van der Waals surface area contributed by atoms with Crippen molar-refractivity contribution in [1.29, 1.82) is 0 Å². The molecule has 1 saturated heterocycles. The van der Waals surface area contributed by atoms with Gasteiger partial charge in [0.25, 0.3) is 0 Å². The Morgan fingerprint density at radius 1 is 1.38 bits per heavy atom. The van der Waals surface area contributed by atoms with Crippen LogP contribution in [0, 0.1) is 5.41 Å². The summed E-state index contributed by atoms with van der Waals surface area (Å²) in [5.74, 6) is -0.828. The highest BCUT2D eigenvalue weighted by atomic mass is 16.5. The number of likely N-dealkylation sites (tertiary alicyclic amines) is 1. The number of aliphatic carboxylic acids is 1. The van der Waals surface area contributed by atoms with Gasteiger partial charge >= 0.3 is 12.0 Å². The molecule has 1 heterocycles. The van der Waals surface area contributed by atoms with Gasteiger partial charge in [0.05, 0.1) is 18.6 Å². The second-order valence-corrected chi connectivity index (χ2v) is 5.49. The second kappa shape index (κ2) is 8.19. The van der Waals surface area contributed by atoms with E-state index in [1.807, 2.05) is 6.92 Å². The number of hydrogen-bond acceptors (Lipinski definition) is 4. The Labute approximate surface area is 125 Å². The van der Waals surface area contributed by atoms with Gasteiger partial charge in [-0.05, 0) is 12.8 Å². The molecule has 0 bridgehead atoms. The summed E-state index contributed by atoms with van der Waals surface area (Å²) in [4.78, 5) is 27.1. The molecule has 0 aromatic heterocycles. The maximum absolute atomic E-state index is 12.4. The van der Waals surface area contributed by atoms with Crippen molar-refractivity contribution in [2.24, 2.45) is 5.41 Å². The average Bonchev–Trinajstić information content (AvgIpc) is 2.89. The van der Waals surface area contributed by atoms with E-state index in [0.717, 1.165) is 6.42 Å². The van der Waals surface area contributed by atoms with Crippen LogP contribution in [0.4, 0.5) is 4.79 Å². The van der Waals surface area contributed by atoms with E-state index < -0.39 is 11.4 Å². The summed E-state index contributed by atoms with van der Waals surface area (Å²) < 4.78 is 4.96. The summed E-state index contributed by atoms with van der Waals surface area (Å²) in [6, 6.07) is -0.222. The zero-order valence-electron chi connectivity index (χ0n) is 12.9. The number of rotatable bonds is 8. The van der Waals surface area contributed by atoms with E-state index in [4.69, 9.17) is 9.84 Å². The third-order valence-electron chi connectivity index (χ3n) is 4.01. The number of carbonyl (C=O) groups excluding carboxylic acids is 1. The van der Waals surface area contributed by atoms with Crippen LogP contribution in [-0.4, -0.2) is 78.5 Å². The number of aliphatic hydroxyl groups is 1. The lowest BCUT2D eigenvalue weighted by atomic mass is 9.83. The third-order valence-corrected chi connectivity index (χ3v) is 4.01. The van der Waals surface area contributed by atoms with E-state index in [2.05, 4.69) is 0 Å². The van der Waals surface area contributed by atoms with Gasteiger partial charge in [-0.25, -0.2) is 4.79 Å². The summed E-state index contributed by atoms with van der Waals surface area (Å²) in [6.07, 6.45) is 1.84. The minimum absolute atomic E-state index is 0.123. The van der Waals surface area contributed by atoms with E-state index in [1.165, 1.54) is 4.90 Å². The van der Waals surface area contributed by atoms with Crippen molar-refractivity contribution >= 4 is 12.0 Å². The highest BCUT2D eigenvalue weighted by molar-refractivity contribution is 5.79. The molecule has 2 N–H and O–H groups in total. The SMILES string of the molecule is CCCC1(C(=O)O)CCN(C(=O)N(CCO)CCOC)C1. The van der Waals surface area contributed by atoms with Gasteiger partial charge < -0.3 is 24.7 Å². The Bertz CT molecular complexity index is 363. The van der Waals surface area contributed by atoms with E-state index in [9.17, 15) is 14.7 Å². The van der Waals surface area contributed by atoms with Gasteiger partial charge in [0.2, 0.25) is 0 Å². The van der Waals surface area contributed by atoms with Crippen LogP contribution in [0.15, 0.2) is 0 Å². The lowest BCUT2D eigenvalue weighted by Crippen LogP contribution is -2.46. The Morgan fingerprint density at radius 2 is 2.10 bits per heavy atom. The number of methoxy groups -OCH3 is 1. The van der Waals surface area contributed by atoms with E-state index >= 15 is 0 Å². The fourth-order valence-electron chi connectivity index (χ4n) is 2.83. The molecule has 1 aliphatic heterocycles. The van der Waals surface area contributed by atoms with Gasteiger partial charge in [-0.3, -0.25) is 4.79 Å². The molecule has 1 rings (SSSR count). The highest BCUT2D eigenvalue weighted by Gasteiger charge is 2.46. The number of carboxylic acids is 1. The van der Waals surface area contributed by atoms with Gasteiger partial charge in [-0.2, -0.15) is 0 Å². The molecule has 1 fully saturated rings. The number of ether oxygens (including phenoxy) is 1. The number of carbonyl (C=O) groups is 2. The van der Waals surface area contributed by atoms with Crippen molar-refractivity contribution in [1.82, 2.24) is 9.80 Å². The lowest BCUT2D eigenvalue weighted by Gasteiger charge is -2.29. The Hall–Kier alpha value is -1.34. The number of urea groups is 1. The smallest absolute Gasteiger partial charge is 0.320 e.